The lowest BCUT2D eigenvalue weighted by Crippen LogP contribution is -2.40. The van der Waals surface area contributed by atoms with Crippen LogP contribution in [0.4, 0.5) is 0 Å². The highest BCUT2D eigenvalue weighted by molar-refractivity contribution is 5.94. The molecule has 0 radical (unpaired) electrons. The fourth-order valence-electron chi connectivity index (χ4n) is 5.00. The number of nitrogens with zero attached hydrogens (tertiary/aromatic N) is 5. The molecule has 5 heterocycles. The largest absolute Gasteiger partial charge is 0.459 e. The molecular formula is C24H27N5O3. The van der Waals surface area contributed by atoms with Crippen LogP contribution in [0.5, 0.6) is 0 Å². The van der Waals surface area contributed by atoms with E-state index < -0.39 is 5.41 Å². The van der Waals surface area contributed by atoms with Crippen molar-refractivity contribution in [3.63, 3.8) is 0 Å². The van der Waals surface area contributed by atoms with Gasteiger partial charge in [-0.05, 0) is 44.0 Å². The standard InChI is InChI=1S/C24H27N5O3/c1-17(2)29-14-20(26-16-29)19-13-28(22(30)21-6-4-10-32-21)15-24(19)7-9-27(23(24)31)12-18-5-3-8-25-11-18/h3-6,8,10-11,14,16-17,19H,7,9,12-13,15H2,1-2H3/t19-,24+/m0/s1. The van der Waals surface area contributed by atoms with E-state index in [1.54, 1.807) is 29.4 Å². The Morgan fingerprint density at radius 3 is 2.88 bits per heavy atom. The Labute approximate surface area is 186 Å². The summed E-state index contributed by atoms with van der Waals surface area (Å²) in [6.07, 6.45) is 9.55. The minimum Gasteiger partial charge on any atom is -0.459 e. The highest BCUT2D eigenvalue weighted by Crippen LogP contribution is 2.50. The monoisotopic (exact) mass is 433 g/mol. The summed E-state index contributed by atoms with van der Waals surface area (Å²) in [5.74, 6) is 0.0397. The normalized spacial score (nSPS) is 23.1. The number of carbonyl (C=O) groups excluding carboxylic acids is 2. The molecule has 2 aliphatic heterocycles. The van der Waals surface area contributed by atoms with Gasteiger partial charge in [0.2, 0.25) is 5.91 Å². The van der Waals surface area contributed by atoms with Crippen molar-refractivity contribution in [1.82, 2.24) is 24.3 Å². The Hall–Kier alpha value is -3.42. The summed E-state index contributed by atoms with van der Waals surface area (Å²) in [5.41, 5.74) is 1.19. The predicted octanol–water partition coefficient (Wildman–Crippen LogP) is 3.11. The third-order valence-electron chi connectivity index (χ3n) is 6.77. The molecule has 2 aliphatic rings. The van der Waals surface area contributed by atoms with Crippen molar-refractivity contribution in [2.24, 2.45) is 5.41 Å². The Kier molecular flexibility index (Phi) is 5.07. The zero-order valence-corrected chi connectivity index (χ0v) is 18.3. The van der Waals surface area contributed by atoms with Crippen molar-refractivity contribution in [1.29, 1.82) is 0 Å². The summed E-state index contributed by atoms with van der Waals surface area (Å²) in [6, 6.07) is 7.51. The highest BCUT2D eigenvalue weighted by atomic mass is 16.3. The van der Waals surface area contributed by atoms with Gasteiger partial charge >= 0.3 is 0 Å². The van der Waals surface area contributed by atoms with Crippen LogP contribution in [-0.4, -0.2) is 55.8 Å². The quantitative estimate of drug-likeness (QED) is 0.617. The van der Waals surface area contributed by atoms with Crippen LogP contribution in [0, 0.1) is 5.41 Å². The van der Waals surface area contributed by atoms with E-state index >= 15 is 0 Å². The van der Waals surface area contributed by atoms with Gasteiger partial charge < -0.3 is 18.8 Å². The van der Waals surface area contributed by atoms with Gasteiger partial charge in [-0.3, -0.25) is 14.6 Å². The van der Waals surface area contributed by atoms with Gasteiger partial charge in [-0.2, -0.15) is 0 Å². The average Bonchev–Trinajstić information content (AvgIpc) is 3.58. The maximum absolute atomic E-state index is 13.8. The third kappa shape index (κ3) is 3.39. The Morgan fingerprint density at radius 2 is 2.19 bits per heavy atom. The van der Waals surface area contributed by atoms with Gasteiger partial charge in [0.25, 0.3) is 5.91 Å². The lowest BCUT2D eigenvalue weighted by atomic mass is 9.75. The number of rotatable bonds is 5. The van der Waals surface area contributed by atoms with Crippen LogP contribution in [-0.2, 0) is 11.3 Å². The summed E-state index contributed by atoms with van der Waals surface area (Å²) >= 11 is 0. The first-order chi connectivity index (χ1) is 15.5. The van der Waals surface area contributed by atoms with Crippen LogP contribution in [0.3, 0.4) is 0 Å². The minimum absolute atomic E-state index is 0.0835. The maximum atomic E-state index is 13.8. The van der Waals surface area contributed by atoms with E-state index in [2.05, 4.69) is 23.8 Å². The Balaban J connectivity index is 1.47. The van der Waals surface area contributed by atoms with Gasteiger partial charge in [0, 0.05) is 56.7 Å². The smallest absolute Gasteiger partial charge is 0.289 e. The molecule has 1 spiro atoms. The lowest BCUT2D eigenvalue weighted by Gasteiger charge is -2.27. The van der Waals surface area contributed by atoms with Crippen LogP contribution < -0.4 is 0 Å². The van der Waals surface area contributed by atoms with E-state index in [1.807, 2.05) is 34.1 Å². The van der Waals surface area contributed by atoms with Crippen LogP contribution in [0.1, 0.15) is 54.0 Å². The van der Waals surface area contributed by atoms with E-state index in [1.165, 1.54) is 6.26 Å². The van der Waals surface area contributed by atoms with Gasteiger partial charge in [0.05, 0.1) is 23.7 Å². The molecule has 0 saturated carbocycles. The molecule has 166 valence electrons. The number of likely N-dealkylation sites (tertiary alicyclic amines) is 2. The number of hydrogen-bond acceptors (Lipinski definition) is 5. The van der Waals surface area contributed by atoms with E-state index in [-0.39, 0.29) is 23.8 Å². The van der Waals surface area contributed by atoms with Crippen molar-refractivity contribution in [3.8, 4) is 0 Å². The van der Waals surface area contributed by atoms with Crippen molar-refractivity contribution in [2.75, 3.05) is 19.6 Å². The molecule has 0 aliphatic carbocycles. The van der Waals surface area contributed by atoms with Gasteiger partial charge in [-0.1, -0.05) is 6.07 Å². The molecule has 3 aromatic rings. The van der Waals surface area contributed by atoms with E-state index in [4.69, 9.17) is 4.42 Å². The van der Waals surface area contributed by atoms with Crippen LogP contribution in [0.2, 0.25) is 0 Å². The fraction of sp³-hybridized carbons (Fsp3) is 0.417. The lowest BCUT2D eigenvalue weighted by molar-refractivity contribution is -0.136. The molecule has 8 heteroatoms. The first-order valence-electron chi connectivity index (χ1n) is 11.0. The molecule has 0 unspecified atom stereocenters. The highest BCUT2D eigenvalue weighted by Gasteiger charge is 2.58. The van der Waals surface area contributed by atoms with Gasteiger partial charge in [-0.15, -0.1) is 0 Å². The predicted molar refractivity (Wildman–Crippen MR) is 117 cm³/mol. The topological polar surface area (TPSA) is 84.5 Å². The summed E-state index contributed by atoms with van der Waals surface area (Å²) in [6.45, 7) is 6.18. The van der Waals surface area contributed by atoms with Crippen LogP contribution >= 0.6 is 0 Å². The van der Waals surface area contributed by atoms with E-state index in [9.17, 15) is 9.59 Å². The molecule has 3 aromatic heterocycles. The number of amides is 2. The number of imidazole rings is 1. The molecule has 5 rings (SSSR count). The molecule has 2 fully saturated rings. The molecule has 0 bridgehead atoms. The molecular weight excluding hydrogens is 406 g/mol. The number of hydrogen-bond donors (Lipinski definition) is 0. The minimum atomic E-state index is -0.680. The molecule has 0 N–H and O–H groups in total. The first kappa shape index (κ1) is 20.5. The second-order valence-corrected chi connectivity index (χ2v) is 9.05. The Morgan fingerprint density at radius 1 is 1.31 bits per heavy atom. The Bertz CT molecular complexity index is 1110. The molecule has 2 amide bonds. The third-order valence-corrected chi connectivity index (χ3v) is 6.77. The van der Waals surface area contributed by atoms with Crippen molar-refractivity contribution in [3.05, 3.63) is 72.5 Å². The molecule has 32 heavy (non-hydrogen) atoms. The summed E-state index contributed by atoms with van der Waals surface area (Å²) in [4.78, 5) is 39.4. The van der Waals surface area contributed by atoms with Crippen molar-refractivity contribution >= 4 is 11.8 Å². The molecule has 2 saturated heterocycles. The van der Waals surface area contributed by atoms with Crippen molar-refractivity contribution < 1.29 is 14.0 Å². The zero-order valence-electron chi connectivity index (χ0n) is 18.3. The second kappa shape index (κ2) is 7.93. The fourth-order valence-corrected chi connectivity index (χ4v) is 5.00. The number of carbonyl (C=O) groups is 2. The summed E-state index contributed by atoms with van der Waals surface area (Å²) in [5, 5.41) is 0. The van der Waals surface area contributed by atoms with Gasteiger partial charge in [0.15, 0.2) is 5.76 Å². The van der Waals surface area contributed by atoms with Gasteiger partial charge in [0.1, 0.15) is 0 Å². The van der Waals surface area contributed by atoms with Crippen molar-refractivity contribution in [2.45, 2.75) is 38.8 Å². The van der Waals surface area contributed by atoms with E-state index in [0.29, 0.717) is 38.4 Å². The number of furan rings is 1. The maximum Gasteiger partial charge on any atom is 0.289 e. The molecule has 8 nitrogen and oxygen atoms in total. The van der Waals surface area contributed by atoms with E-state index in [0.717, 1.165) is 11.3 Å². The summed E-state index contributed by atoms with van der Waals surface area (Å²) < 4.78 is 7.40. The average molecular weight is 434 g/mol. The van der Waals surface area contributed by atoms with Crippen LogP contribution in [0.25, 0.3) is 0 Å². The SMILES string of the molecule is CC(C)n1cnc([C@@H]2CN(C(=O)c3ccco3)C[C@]23CCN(Cc2cccnc2)C3=O)c1. The number of aromatic nitrogens is 3. The number of pyridine rings is 1. The summed E-state index contributed by atoms with van der Waals surface area (Å²) in [7, 11) is 0. The second-order valence-electron chi connectivity index (χ2n) is 9.05. The molecule has 2 atom stereocenters. The van der Waals surface area contributed by atoms with Gasteiger partial charge in [-0.25, -0.2) is 4.98 Å². The van der Waals surface area contributed by atoms with Crippen LogP contribution in [0.15, 0.2) is 59.9 Å². The first-order valence-corrected chi connectivity index (χ1v) is 11.0. The molecule has 0 aromatic carbocycles. The zero-order chi connectivity index (χ0) is 22.3.